The monoisotopic (exact) mass is 514 g/mol. The molecule has 0 heterocycles. The first kappa shape index (κ1) is 26.4. The average molecular weight is 515 g/mol. The molecular formula is C26H27ClN2O5S. The third kappa shape index (κ3) is 6.28. The van der Waals surface area contributed by atoms with Gasteiger partial charge >= 0.3 is 0 Å². The fourth-order valence-corrected chi connectivity index (χ4v) is 5.26. The average Bonchev–Trinajstić information content (AvgIpc) is 2.85. The number of carbonyl (C=O) groups excluding carboxylic acids is 2. The Morgan fingerprint density at radius 2 is 1.66 bits per heavy atom. The second-order valence-corrected chi connectivity index (χ2v) is 10.1. The molecule has 0 aliphatic rings. The molecule has 0 radical (unpaired) electrons. The number of carbonyl (C=O) groups is 2. The highest BCUT2D eigenvalue weighted by atomic mass is 35.5. The van der Waals surface area contributed by atoms with Crippen LogP contribution in [0.3, 0.4) is 0 Å². The summed E-state index contributed by atoms with van der Waals surface area (Å²) >= 11 is 6.09. The molecule has 1 N–H and O–H groups in total. The molecule has 1 amide bonds. The van der Waals surface area contributed by atoms with Gasteiger partial charge in [0.2, 0.25) is 10.0 Å². The molecule has 3 aromatic rings. The minimum absolute atomic E-state index is 0.167. The Morgan fingerprint density at radius 1 is 0.971 bits per heavy atom. The summed E-state index contributed by atoms with van der Waals surface area (Å²) in [6.45, 7) is 5.69. The van der Waals surface area contributed by atoms with Gasteiger partial charge in [-0.1, -0.05) is 55.8 Å². The second kappa shape index (κ2) is 11.5. The highest BCUT2D eigenvalue weighted by Gasteiger charge is 2.22. The number of ether oxygens (including phenoxy) is 1. The van der Waals surface area contributed by atoms with E-state index in [9.17, 15) is 18.0 Å². The van der Waals surface area contributed by atoms with Crippen LogP contribution in [0.5, 0.6) is 5.75 Å². The standard InChI is InChI=1S/C26H27ClN2O5S/c1-4-29(5-2)35(32,33)21-12-14-24(18(3)15-21)34-17-25(30)28-23-13-11-20(27)16-22(23)26(31)19-9-7-6-8-10-19/h6-16H,4-5,17H2,1-3H3,(H,28,30). The molecule has 9 heteroatoms. The lowest BCUT2D eigenvalue weighted by Gasteiger charge is -2.19. The van der Waals surface area contributed by atoms with Crippen molar-refractivity contribution >= 4 is 39.0 Å². The number of aryl methyl sites for hydroxylation is 1. The number of nitrogens with zero attached hydrogens (tertiary/aromatic N) is 1. The van der Waals surface area contributed by atoms with Gasteiger partial charge in [0.15, 0.2) is 12.4 Å². The zero-order valence-electron chi connectivity index (χ0n) is 19.7. The Kier molecular flexibility index (Phi) is 8.67. The van der Waals surface area contributed by atoms with Crippen LogP contribution < -0.4 is 10.1 Å². The predicted octanol–water partition coefficient (Wildman–Crippen LogP) is 4.93. The van der Waals surface area contributed by atoms with E-state index in [2.05, 4.69) is 5.32 Å². The van der Waals surface area contributed by atoms with Gasteiger partial charge in [0.05, 0.1) is 10.6 Å². The van der Waals surface area contributed by atoms with E-state index in [1.165, 1.54) is 28.6 Å². The van der Waals surface area contributed by atoms with Crippen LogP contribution in [0.1, 0.15) is 35.3 Å². The predicted molar refractivity (Wildman–Crippen MR) is 137 cm³/mol. The Labute approximate surface area is 210 Å². The number of hydrogen-bond acceptors (Lipinski definition) is 5. The van der Waals surface area contributed by atoms with Gasteiger partial charge in [-0.2, -0.15) is 4.31 Å². The van der Waals surface area contributed by atoms with E-state index in [-0.39, 0.29) is 22.8 Å². The van der Waals surface area contributed by atoms with Crippen LogP contribution >= 0.6 is 11.6 Å². The maximum absolute atomic E-state index is 12.9. The van der Waals surface area contributed by atoms with Crippen LogP contribution in [0, 0.1) is 6.92 Å². The van der Waals surface area contributed by atoms with Gasteiger partial charge in [0, 0.05) is 29.2 Å². The first-order chi connectivity index (χ1) is 16.7. The molecular weight excluding hydrogens is 488 g/mol. The minimum atomic E-state index is -3.60. The van der Waals surface area contributed by atoms with E-state index in [1.54, 1.807) is 57.2 Å². The third-order valence-electron chi connectivity index (χ3n) is 5.38. The van der Waals surface area contributed by atoms with Crippen molar-refractivity contribution in [1.29, 1.82) is 0 Å². The molecule has 0 spiro atoms. The zero-order chi connectivity index (χ0) is 25.6. The van der Waals surface area contributed by atoms with Crippen molar-refractivity contribution in [2.75, 3.05) is 25.0 Å². The first-order valence-corrected chi connectivity index (χ1v) is 12.9. The van der Waals surface area contributed by atoms with E-state index in [0.717, 1.165) is 0 Å². The molecule has 3 aromatic carbocycles. The van der Waals surface area contributed by atoms with Crippen molar-refractivity contribution in [3.8, 4) is 5.75 Å². The van der Waals surface area contributed by atoms with Crippen LogP contribution in [0.15, 0.2) is 71.6 Å². The number of halogens is 1. The number of benzene rings is 3. The molecule has 184 valence electrons. The van der Waals surface area contributed by atoms with Crippen LogP contribution in [0.4, 0.5) is 5.69 Å². The fourth-order valence-electron chi connectivity index (χ4n) is 3.54. The number of nitrogens with one attached hydrogen (secondary N) is 1. The van der Waals surface area contributed by atoms with Crippen LogP contribution in [-0.4, -0.2) is 44.1 Å². The molecule has 0 aliphatic heterocycles. The van der Waals surface area contributed by atoms with Crippen LogP contribution in [0.2, 0.25) is 5.02 Å². The van der Waals surface area contributed by atoms with Gasteiger partial charge in [-0.05, 0) is 48.9 Å². The van der Waals surface area contributed by atoms with E-state index >= 15 is 0 Å². The van der Waals surface area contributed by atoms with Crippen LogP contribution in [0.25, 0.3) is 0 Å². The number of sulfonamides is 1. The molecule has 7 nitrogen and oxygen atoms in total. The summed E-state index contributed by atoms with van der Waals surface area (Å²) < 4.78 is 32.4. The summed E-state index contributed by atoms with van der Waals surface area (Å²) in [5.74, 6) is -0.367. The summed E-state index contributed by atoms with van der Waals surface area (Å²) in [5.41, 5.74) is 1.63. The van der Waals surface area contributed by atoms with Crippen molar-refractivity contribution in [2.24, 2.45) is 0 Å². The lowest BCUT2D eigenvalue weighted by molar-refractivity contribution is -0.118. The van der Waals surface area contributed by atoms with E-state index in [4.69, 9.17) is 16.3 Å². The van der Waals surface area contributed by atoms with Crippen molar-refractivity contribution < 1.29 is 22.7 Å². The zero-order valence-corrected chi connectivity index (χ0v) is 21.3. The normalized spacial score (nSPS) is 11.3. The number of rotatable bonds is 10. The molecule has 0 aromatic heterocycles. The highest BCUT2D eigenvalue weighted by Crippen LogP contribution is 2.26. The Bertz CT molecular complexity index is 1320. The number of hydrogen-bond donors (Lipinski definition) is 1. The van der Waals surface area contributed by atoms with Crippen molar-refractivity contribution in [3.05, 3.63) is 88.4 Å². The Hall–Kier alpha value is -3.20. The molecule has 0 atom stereocenters. The highest BCUT2D eigenvalue weighted by molar-refractivity contribution is 7.89. The smallest absolute Gasteiger partial charge is 0.262 e. The molecule has 0 saturated heterocycles. The number of ketones is 1. The van der Waals surface area contributed by atoms with Crippen molar-refractivity contribution in [2.45, 2.75) is 25.7 Å². The van der Waals surface area contributed by atoms with E-state index in [0.29, 0.717) is 40.7 Å². The third-order valence-corrected chi connectivity index (χ3v) is 7.67. The number of anilines is 1. The molecule has 0 aliphatic carbocycles. The Morgan fingerprint density at radius 3 is 2.29 bits per heavy atom. The summed E-state index contributed by atoms with van der Waals surface area (Å²) in [7, 11) is -3.60. The minimum Gasteiger partial charge on any atom is -0.483 e. The Balaban J connectivity index is 1.72. The maximum Gasteiger partial charge on any atom is 0.262 e. The van der Waals surface area contributed by atoms with Gasteiger partial charge in [0.25, 0.3) is 5.91 Å². The largest absolute Gasteiger partial charge is 0.483 e. The molecule has 0 saturated carbocycles. The molecule has 3 rings (SSSR count). The van der Waals surface area contributed by atoms with Crippen molar-refractivity contribution in [3.63, 3.8) is 0 Å². The lowest BCUT2D eigenvalue weighted by atomic mass is 10.0. The summed E-state index contributed by atoms with van der Waals surface area (Å²) in [5, 5.41) is 3.07. The maximum atomic E-state index is 12.9. The summed E-state index contributed by atoms with van der Waals surface area (Å²) in [6.07, 6.45) is 0. The van der Waals surface area contributed by atoms with Gasteiger partial charge in [-0.25, -0.2) is 8.42 Å². The summed E-state index contributed by atoms with van der Waals surface area (Å²) in [4.78, 5) is 25.7. The topological polar surface area (TPSA) is 92.8 Å². The van der Waals surface area contributed by atoms with Gasteiger partial charge < -0.3 is 10.1 Å². The number of amides is 1. The second-order valence-electron chi connectivity index (χ2n) is 7.74. The molecule has 0 bridgehead atoms. The van der Waals surface area contributed by atoms with Crippen LogP contribution in [-0.2, 0) is 14.8 Å². The van der Waals surface area contributed by atoms with E-state index < -0.39 is 15.9 Å². The molecule has 0 fully saturated rings. The van der Waals surface area contributed by atoms with Crippen molar-refractivity contribution in [1.82, 2.24) is 4.31 Å². The molecule has 35 heavy (non-hydrogen) atoms. The summed E-state index contributed by atoms with van der Waals surface area (Å²) in [6, 6.07) is 17.9. The van der Waals surface area contributed by atoms with Gasteiger partial charge in [-0.15, -0.1) is 0 Å². The quantitative estimate of drug-likeness (QED) is 0.387. The first-order valence-electron chi connectivity index (χ1n) is 11.1. The fraction of sp³-hybridized carbons (Fsp3) is 0.231. The van der Waals surface area contributed by atoms with Gasteiger partial charge in [0.1, 0.15) is 5.75 Å². The van der Waals surface area contributed by atoms with E-state index in [1.807, 2.05) is 6.07 Å². The SMILES string of the molecule is CCN(CC)S(=O)(=O)c1ccc(OCC(=O)Nc2ccc(Cl)cc2C(=O)c2ccccc2)c(C)c1. The van der Waals surface area contributed by atoms with Gasteiger partial charge in [-0.3, -0.25) is 9.59 Å². The lowest BCUT2D eigenvalue weighted by Crippen LogP contribution is -2.30. The molecule has 0 unspecified atom stereocenters.